The monoisotopic (exact) mass is 375 g/mol. The van der Waals surface area contributed by atoms with Crippen LogP contribution in [-0.2, 0) is 20.1 Å². The van der Waals surface area contributed by atoms with E-state index in [0.717, 1.165) is 17.0 Å². The van der Waals surface area contributed by atoms with Gasteiger partial charge in [-0.2, -0.15) is 5.10 Å². The van der Waals surface area contributed by atoms with E-state index in [2.05, 4.69) is 27.6 Å². The minimum atomic E-state index is 0.522. The molecule has 8 heteroatoms. The molecular formula is C19H29N5O3. The number of nitrogens with one attached hydrogen (secondary N) is 2. The minimum absolute atomic E-state index is 0.522. The molecule has 0 amide bonds. The van der Waals surface area contributed by atoms with E-state index in [9.17, 15) is 0 Å². The summed E-state index contributed by atoms with van der Waals surface area (Å²) in [6.45, 7) is 5.23. The first-order valence-corrected chi connectivity index (χ1v) is 8.68. The lowest BCUT2D eigenvalue weighted by molar-refractivity contribution is 0.322. The van der Waals surface area contributed by atoms with Crippen LogP contribution in [0, 0.1) is 13.8 Å². The van der Waals surface area contributed by atoms with Gasteiger partial charge in [-0.05, 0) is 26.0 Å². The van der Waals surface area contributed by atoms with Crippen LogP contribution in [0.25, 0.3) is 0 Å². The lowest BCUT2D eigenvalue weighted by atomic mass is 10.1. The Morgan fingerprint density at radius 3 is 2.22 bits per heavy atom. The molecule has 27 heavy (non-hydrogen) atoms. The number of aromatic nitrogens is 2. The second-order valence-corrected chi connectivity index (χ2v) is 6.05. The van der Waals surface area contributed by atoms with Gasteiger partial charge in [-0.3, -0.25) is 9.67 Å². The van der Waals surface area contributed by atoms with Crippen molar-refractivity contribution in [3.63, 3.8) is 0 Å². The van der Waals surface area contributed by atoms with Crippen molar-refractivity contribution >= 4 is 5.96 Å². The lowest BCUT2D eigenvalue weighted by Crippen LogP contribution is -2.36. The molecule has 0 fully saturated rings. The third kappa shape index (κ3) is 4.45. The summed E-state index contributed by atoms with van der Waals surface area (Å²) in [7, 11) is 8.49. The number of nitrogens with zero attached hydrogens (tertiary/aromatic N) is 3. The van der Waals surface area contributed by atoms with Gasteiger partial charge in [-0.25, -0.2) is 0 Å². The predicted octanol–water partition coefficient (Wildman–Crippen LogP) is 1.93. The number of hydrogen-bond acceptors (Lipinski definition) is 5. The van der Waals surface area contributed by atoms with Crippen LogP contribution in [0.4, 0.5) is 0 Å². The number of methoxy groups -OCH3 is 3. The number of aliphatic imine (C=N–C) groups is 1. The standard InChI is InChI=1S/C19H29N5O3/c1-12-15(13(2)24(4)23-12)11-22-19(20-3)21-10-14-8-9-16(25-5)18(27-7)17(14)26-6/h8-9H,10-11H2,1-7H3,(H2,20,21,22). The van der Waals surface area contributed by atoms with E-state index in [1.54, 1.807) is 28.4 Å². The minimum Gasteiger partial charge on any atom is -0.493 e. The second-order valence-electron chi connectivity index (χ2n) is 6.05. The van der Waals surface area contributed by atoms with Gasteiger partial charge in [-0.15, -0.1) is 0 Å². The second kappa shape index (κ2) is 9.16. The van der Waals surface area contributed by atoms with Gasteiger partial charge in [0.15, 0.2) is 17.5 Å². The maximum absolute atomic E-state index is 5.52. The van der Waals surface area contributed by atoms with Gasteiger partial charge >= 0.3 is 0 Å². The molecule has 0 radical (unpaired) electrons. The first kappa shape index (κ1) is 20.4. The number of aryl methyl sites for hydroxylation is 2. The smallest absolute Gasteiger partial charge is 0.203 e. The van der Waals surface area contributed by atoms with Crippen molar-refractivity contribution in [3.8, 4) is 17.2 Å². The Morgan fingerprint density at radius 1 is 1.04 bits per heavy atom. The van der Waals surface area contributed by atoms with Gasteiger partial charge in [0.25, 0.3) is 0 Å². The molecule has 0 atom stereocenters. The molecule has 1 aromatic carbocycles. The molecule has 0 aliphatic carbocycles. The van der Waals surface area contributed by atoms with E-state index in [1.807, 2.05) is 30.8 Å². The van der Waals surface area contributed by atoms with Crippen molar-refractivity contribution < 1.29 is 14.2 Å². The van der Waals surface area contributed by atoms with Gasteiger partial charge in [0.2, 0.25) is 5.75 Å². The number of guanidine groups is 1. The highest BCUT2D eigenvalue weighted by atomic mass is 16.5. The molecule has 8 nitrogen and oxygen atoms in total. The molecule has 2 aromatic rings. The van der Waals surface area contributed by atoms with Crippen LogP contribution in [0.3, 0.4) is 0 Å². The molecule has 0 saturated heterocycles. The highest BCUT2D eigenvalue weighted by Gasteiger charge is 2.16. The summed E-state index contributed by atoms with van der Waals surface area (Å²) in [5.74, 6) is 2.53. The van der Waals surface area contributed by atoms with Crippen molar-refractivity contribution in [2.75, 3.05) is 28.4 Å². The molecule has 2 rings (SSSR count). The quantitative estimate of drug-likeness (QED) is 0.568. The lowest BCUT2D eigenvalue weighted by Gasteiger charge is -2.17. The number of hydrogen-bond donors (Lipinski definition) is 2. The maximum atomic E-state index is 5.52. The Bertz CT molecular complexity index is 814. The molecule has 0 spiro atoms. The summed E-state index contributed by atoms with van der Waals surface area (Å²) in [5, 5.41) is 11.1. The Balaban J connectivity index is 2.08. The van der Waals surface area contributed by atoms with Crippen molar-refractivity contribution in [2.45, 2.75) is 26.9 Å². The summed E-state index contributed by atoms with van der Waals surface area (Å²) in [6.07, 6.45) is 0. The molecule has 0 saturated carbocycles. The highest BCUT2D eigenvalue weighted by molar-refractivity contribution is 5.79. The van der Waals surface area contributed by atoms with Gasteiger partial charge in [0.05, 0.1) is 27.0 Å². The Hall–Kier alpha value is -2.90. The van der Waals surface area contributed by atoms with E-state index < -0.39 is 0 Å². The molecule has 0 aliphatic rings. The third-order valence-electron chi connectivity index (χ3n) is 4.55. The van der Waals surface area contributed by atoms with E-state index in [-0.39, 0.29) is 0 Å². The zero-order chi connectivity index (χ0) is 20.0. The van der Waals surface area contributed by atoms with Crippen LogP contribution in [0.2, 0.25) is 0 Å². The predicted molar refractivity (Wildman–Crippen MR) is 106 cm³/mol. The summed E-state index contributed by atoms with van der Waals surface area (Å²) in [6, 6.07) is 3.80. The number of rotatable bonds is 7. The fourth-order valence-corrected chi connectivity index (χ4v) is 2.95. The molecule has 1 aromatic heterocycles. The third-order valence-corrected chi connectivity index (χ3v) is 4.55. The van der Waals surface area contributed by atoms with Crippen molar-refractivity contribution in [2.24, 2.45) is 12.0 Å². The summed E-state index contributed by atoms with van der Waals surface area (Å²) < 4.78 is 18.2. The van der Waals surface area contributed by atoms with Crippen LogP contribution < -0.4 is 24.8 Å². The van der Waals surface area contributed by atoms with Crippen LogP contribution in [0.1, 0.15) is 22.5 Å². The van der Waals surface area contributed by atoms with Crippen LogP contribution in [-0.4, -0.2) is 44.1 Å². The molecule has 2 N–H and O–H groups in total. The number of benzene rings is 1. The van der Waals surface area contributed by atoms with Gasteiger partial charge in [-0.1, -0.05) is 0 Å². The summed E-state index contributed by atoms with van der Waals surface area (Å²) in [4.78, 5) is 4.29. The van der Waals surface area contributed by atoms with Crippen LogP contribution in [0.15, 0.2) is 17.1 Å². The first-order chi connectivity index (χ1) is 13.0. The molecular weight excluding hydrogens is 346 g/mol. The fraction of sp³-hybridized carbons (Fsp3) is 0.474. The topological polar surface area (TPSA) is 81.9 Å². The Morgan fingerprint density at radius 2 is 1.70 bits per heavy atom. The van der Waals surface area contributed by atoms with Gasteiger partial charge in [0.1, 0.15) is 0 Å². The molecule has 148 valence electrons. The van der Waals surface area contributed by atoms with Crippen molar-refractivity contribution in [1.82, 2.24) is 20.4 Å². The molecule has 0 bridgehead atoms. The number of ether oxygens (including phenoxy) is 3. The molecule has 1 heterocycles. The van der Waals surface area contributed by atoms with Gasteiger partial charge in [0, 0.05) is 44.0 Å². The first-order valence-electron chi connectivity index (χ1n) is 8.68. The van der Waals surface area contributed by atoms with Crippen LogP contribution in [0.5, 0.6) is 17.2 Å². The van der Waals surface area contributed by atoms with Crippen molar-refractivity contribution in [1.29, 1.82) is 0 Å². The average molecular weight is 375 g/mol. The van der Waals surface area contributed by atoms with Gasteiger partial charge < -0.3 is 24.8 Å². The summed E-state index contributed by atoms with van der Waals surface area (Å²) >= 11 is 0. The Labute approximate surface area is 160 Å². The van der Waals surface area contributed by atoms with E-state index in [0.29, 0.717) is 36.3 Å². The van der Waals surface area contributed by atoms with E-state index >= 15 is 0 Å². The van der Waals surface area contributed by atoms with Crippen LogP contribution >= 0.6 is 0 Å². The van der Waals surface area contributed by atoms with Crippen molar-refractivity contribution in [3.05, 3.63) is 34.6 Å². The zero-order valence-corrected chi connectivity index (χ0v) is 17.1. The van der Waals surface area contributed by atoms with E-state index in [4.69, 9.17) is 14.2 Å². The maximum Gasteiger partial charge on any atom is 0.203 e. The average Bonchev–Trinajstić information content (AvgIpc) is 2.92. The zero-order valence-electron chi connectivity index (χ0n) is 17.1. The largest absolute Gasteiger partial charge is 0.493 e. The molecule has 0 unspecified atom stereocenters. The fourth-order valence-electron chi connectivity index (χ4n) is 2.95. The Kier molecular flexibility index (Phi) is 6.92. The molecule has 0 aliphatic heterocycles. The SMILES string of the molecule is CN=C(NCc1ccc(OC)c(OC)c1OC)NCc1c(C)nn(C)c1C. The highest BCUT2D eigenvalue weighted by Crippen LogP contribution is 2.39. The normalized spacial score (nSPS) is 11.3. The van der Waals surface area contributed by atoms with E-state index in [1.165, 1.54) is 5.56 Å². The summed E-state index contributed by atoms with van der Waals surface area (Å²) in [5.41, 5.74) is 4.26.